The van der Waals surface area contributed by atoms with E-state index in [2.05, 4.69) is 23.6 Å². The van der Waals surface area contributed by atoms with Gasteiger partial charge < -0.3 is 19.7 Å². The number of aromatic hydroxyl groups is 1. The molecule has 0 atom stereocenters. The van der Waals surface area contributed by atoms with E-state index in [4.69, 9.17) is 4.74 Å². The normalized spacial score (nSPS) is 14.8. The van der Waals surface area contributed by atoms with Crippen molar-refractivity contribution in [3.05, 3.63) is 58.4 Å². The Labute approximate surface area is 179 Å². The van der Waals surface area contributed by atoms with E-state index in [-0.39, 0.29) is 27.7 Å². The maximum Gasteiger partial charge on any atom is 0.286 e. The monoisotopic (exact) mass is 441 g/mol. The third-order valence-electron chi connectivity index (χ3n) is 5.24. The van der Waals surface area contributed by atoms with E-state index >= 15 is 0 Å². The van der Waals surface area contributed by atoms with E-state index < -0.39 is 15.6 Å². The van der Waals surface area contributed by atoms with Gasteiger partial charge >= 0.3 is 0 Å². The number of nitrogens with zero attached hydrogens (tertiary/aromatic N) is 2. The van der Waals surface area contributed by atoms with Gasteiger partial charge in [0.1, 0.15) is 22.0 Å². The van der Waals surface area contributed by atoms with E-state index in [0.717, 1.165) is 6.42 Å². The number of benzene rings is 2. The number of nitrogens with one attached hydrogen (secondary N) is 1. The van der Waals surface area contributed by atoms with E-state index in [1.54, 1.807) is 28.8 Å². The molecule has 1 aromatic heterocycles. The molecule has 0 radical (unpaired) electrons. The van der Waals surface area contributed by atoms with Gasteiger partial charge in [-0.05, 0) is 36.6 Å². The molecule has 3 aromatic rings. The number of amidine groups is 1. The summed E-state index contributed by atoms with van der Waals surface area (Å²) in [5.74, 6) is 0.272. The number of hydrogen-bond donors (Lipinski definition) is 2. The maximum absolute atomic E-state index is 13.4. The predicted octanol–water partition coefficient (Wildman–Crippen LogP) is 3.32. The van der Waals surface area contributed by atoms with Gasteiger partial charge in [0.25, 0.3) is 15.6 Å². The van der Waals surface area contributed by atoms with Crippen LogP contribution in [-0.4, -0.2) is 31.0 Å². The Morgan fingerprint density at radius 1 is 1.19 bits per heavy atom. The molecule has 0 aliphatic carbocycles. The van der Waals surface area contributed by atoms with Crippen LogP contribution in [0.3, 0.4) is 0 Å². The van der Waals surface area contributed by atoms with Gasteiger partial charge in [0, 0.05) is 18.0 Å². The third kappa shape index (κ3) is 3.65. The second-order valence-corrected chi connectivity index (χ2v) is 9.35. The highest BCUT2D eigenvalue weighted by molar-refractivity contribution is 7.90. The van der Waals surface area contributed by atoms with Gasteiger partial charge in [0.2, 0.25) is 0 Å². The highest BCUT2D eigenvalue weighted by atomic mass is 32.2. The lowest BCUT2D eigenvalue weighted by Crippen LogP contribution is -2.33. The van der Waals surface area contributed by atoms with E-state index in [1.807, 2.05) is 0 Å². The van der Waals surface area contributed by atoms with Gasteiger partial charge in [-0.1, -0.05) is 26.0 Å². The van der Waals surface area contributed by atoms with Crippen molar-refractivity contribution in [1.29, 1.82) is 0 Å². The lowest BCUT2D eigenvalue weighted by Gasteiger charge is -2.21. The number of pyridine rings is 1. The van der Waals surface area contributed by atoms with Crippen LogP contribution in [0.5, 0.6) is 11.5 Å². The van der Waals surface area contributed by atoms with Gasteiger partial charge in [0.05, 0.1) is 18.3 Å². The van der Waals surface area contributed by atoms with Crippen LogP contribution in [0.2, 0.25) is 0 Å². The summed E-state index contributed by atoms with van der Waals surface area (Å²) in [5.41, 5.74) is 0.116. The molecule has 8 nitrogen and oxygen atoms in total. The predicted molar refractivity (Wildman–Crippen MR) is 120 cm³/mol. The van der Waals surface area contributed by atoms with Crippen molar-refractivity contribution in [3.8, 4) is 11.5 Å². The molecule has 0 saturated carbocycles. The summed E-state index contributed by atoms with van der Waals surface area (Å²) in [6.07, 6.45) is 0.742. The quantitative estimate of drug-likeness (QED) is 0.629. The lowest BCUT2D eigenvalue weighted by molar-refractivity contribution is 0.414. The summed E-state index contributed by atoms with van der Waals surface area (Å²) in [7, 11) is -2.61. The molecular weight excluding hydrogens is 418 g/mol. The lowest BCUT2D eigenvalue weighted by atomic mass is 10.1. The number of fused-ring (bicyclic) bond motifs is 2. The summed E-state index contributed by atoms with van der Waals surface area (Å²) in [6, 6.07) is 11.4. The largest absolute Gasteiger partial charge is 0.506 e. The van der Waals surface area contributed by atoms with E-state index in [0.29, 0.717) is 29.1 Å². The zero-order valence-electron chi connectivity index (χ0n) is 17.4. The van der Waals surface area contributed by atoms with Gasteiger partial charge in [-0.2, -0.15) is 8.42 Å². The molecule has 2 N–H and O–H groups in total. The number of methoxy groups -OCH3 is 1. The van der Waals surface area contributed by atoms with Crippen molar-refractivity contribution >= 4 is 32.4 Å². The van der Waals surface area contributed by atoms with Gasteiger partial charge in [-0.3, -0.25) is 4.79 Å². The number of rotatable bonds is 5. The van der Waals surface area contributed by atoms with Crippen LogP contribution < -0.4 is 15.6 Å². The van der Waals surface area contributed by atoms with Crippen LogP contribution in [0, 0.1) is 5.92 Å². The summed E-state index contributed by atoms with van der Waals surface area (Å²) in [5, 5.41) is 14.3. The highest BCUT2D eigenvalue weighted by Gasteiger charge is 2.30. The van der Waals surface area contributed by atoms with Crippen LogP contribution in [0.15, 0.2) is 56.6 Å². The molecule has 4 rings (SSSR count). The van der Waals surface area contributed by atoms with Gasteiger partial charge in [0.15, 0.2) is 5.84 Å². The highest BCUT2D eigenvalue weighted by Crippen LogP contribution is 2.34. The molecule has 31 heavy (non-hydrogen) atoms. The first-order chi connectivity index (χ1) is 14.7. The number of sulfonamides is 1. The number of aryl methyl sites for hydroxylation is 1. The first kappa shape index (κ1) is 20.9. The van der Waals surface area contributed by atoms with Crippen molar-refractivity contribution in [3.63, 3.8) is 0 Å². The van der Waals surface area contributed by atoms with Crippen LogP contribution >= 0.6 is 0 Å². The maximum atomic E-state index is 13.4. The minimum atomic E-state index is -4.08. The Balaban J connectivity index is 1.96. The van der Waals surface area contributed by atoms with Crippen molar-refractivity contribution in [1.82, 2.24) is 4.57 Å². The molecule has 1 aliphatic rings. The van der Waals surface area contributed by atoms with E-state index in [9.17, 15) is 18.3 Å². The topological polar surface area (TPSA) is 110 Å². The summed E-state index contributed by atoms with van der Waals surface area (Å²) in [6.45, 7) is 4.53. The third-order valence-corrected chi connectivity index (χ3v) is 6.58. The smallest absolute Gasteiger partial charge is 0.286 e. The molecule has 0 unspecified atom stereocenters. The fraction of sp³-hybridized carbons (Fsp3) is 0.273. The summed E-state index contributed by atoms with van der Waals surface area (Å²) < 4.78 is 36.1. The molecule has 0 spiro atoms. The second kappa shape index (κ2) is 7.73. The molecule has 162 valence electrons. The fourth-order valence-corrected chi connectivity index (χ4v) is 4.70. The first-order valence-corrected chi connectivity index (χ1v) is 11.3. The molecule has 9 heteroatoms. The Morgan fingerprint density at radius 3 is 2.65 bits per heavy atom. The second-order valence-electron chi connectivity index (χ2n) is 7.78. The number of ether oxygens (including phenoxy) is 1. The zero-order valence-corrected chi connectivity index (χ0v) is 18.2. The Kier molecular flexibility index (Phi) is 5.22. The van der Waals surface area contributed by atoms with Crippen LogP contribution in [0.25, 0.3) is 10.9 Å². The van der Waals surface area contributed by atoms with Crippen molar-refractivity contribution < 1.29 is 18.3 Å². The molecule has 0 saturated heterocycles. The Hall–Kier alpha value is -3.33. The van der Waals surface area contributed by atoms with Crippen LogP contribution in [0.1, 0.15) is 25.8 Å². The standard InChI is InChI=1S/C22H23N3O5S/c1-13(2)10-11-25-17-7-5-4-6-15(17)20(26)19(22(25)27)21-23-16-12-14(30-3)8-9-18(16)31(28,29)24-21/h4-9,12-13,26H,10-11H2,1-3H3,(H,23,24). The number of aromatic nitrogens is 1. The molecular formula is C22H23N3O5S. The minimum absolute atomic E-state index is 0.0301. The number of hydrogen-bond acceptors (Lipinski definition) is 6. The summed E-state index contributed by atoms with van der Waals surface area (Å²) in [4.78, 5) is 13.4. The fourth-order valence-electron chi connectivity index (χ4n) is 3.60. The molecule has 0 bridgehead atoms. The molecule has 2 aromatic carbocycles. The Morgan fingerprint density at radius 2 is 1.94 bits per heavy atom. The molecule has 0 amide bonds. The average molecular weight is 442 g/mol. The van der Waals surface area contributed by atoms with Crippen molar-refractivity contribution in [2.75, 3.05) is 12.4 Å². The van der Waals surface area contributed by atoms with Gasteiger partial charge in [-0.15, -0.1) is 4.40 Å². The SMILES string of the molecule is COc1ccc2c(c1)NC(c1c(O)c3ccccc3n(CCC(C)C)c1=O)=NS2(=O)=O. The van der Waals surface area contributed by atoms with E-state index in [1.165, 1.54) is 25.3 Å². The molecule has 1 aliphatic heterocycles. The van der Waals surface area contributed by atoms with Crippen LogP contribution in [0.4, 0.5) is 5.69 Å². The molecule has 0 fully saturated rings. The summed E-state index contributed by atoms with van der Waals surface area (Å²) >= 11 is 0. The first-order valence-electron chi connectivity index (χ1n) is 9.88. The zero-order chi connectivity index (χ0) is 22.3. The number of anilines is 1. The van der Waals surface area contributed by atoms with Crippen LogP contribution in [-0.2, 0) is 16.6 Å². The van der Waals surface area contributed by atoms with Crippen molar-refractivity contribution in [2.24, 2.45) is 10.3 Å². The number of para-hydroxylation sites is 1. The van der Waals surface area contributed by atoms with Crippen molar-refractivity contribution in [2.45, 2.75) is 31.7 Å². The minimum Gasteiger partial charge on any atom is -0.506 e. The Bertz CT molecular complexity index is 1370. The van der Waals surface area contributed by atoms with Gasteiger partial charge in [-0.25, -0.2) is 0 Å². The average Bonchev–Trinajstić information content (AvgIpc) is 2.72. The molecule has 2 heterocycles.